The van der Waals surface area contributed by atoms with E-state index >= 15 is 0 Å². The van der Waals surface area contributed by atoms with Crippen molar-refractivity contribution in [3.63, 3.8) is 0 Å². The molecule has 1 aliphatic heterocycles. The van der Waals surface area contributed by atoms with Gasteiger partial charge in [-0.2, -0.15) is 5.10 Å². The third kappa shape index (κ3) is 2.93. The summed E-state index contributed by atoms with van der Waals surface area (Å²) in [6.45, 7) is 5.06. The number of pyridine rings is 1. The Bertz CT molecular complexity index is 700. The van der Waals surface area contributed by atoms with Crippen LogP contribution in [0.4, 0.5) is 5.82 Å². The molecule has 0 amide bonds. The number of aromatic nitrogens is 3. The molecular weight excluding hydrogens is 292 g/mol. The number of hydrogen-bond donors (Lipinski definition) is 0. The van der Waals surface area contributed by atoms with Crippen LogP contribution >= 0.6 is 0 Å². The van der Waals surface area contributed by atoms with Gasteiger partial charge in [0.25, 0.3) is 0 Å². The summed E-state index contributed by atoms with van der Waals surface area (Å²) < 4.78 is 6.70. The summed E-state index contributed by atoms with van der Waals surface area (Å²) in [5.41, 5.74) is 1.55. The fourth-order valence-electron chi connectivity index (χ4n) is 3.24. The minimum absolute atomic E-state index is 0.333. The van der Waals surface area contributed by atoms with Gasteiger partial charge in [0.05, 0.1) is 24.9 Å². The fourth-order valence-corrected chi connectivity index (χ4v) is 3.24. The van der Waals surface area contributed by atoms with Crippen molar-refractivity contribution in [2.45, 2.75) is 19.9 Å². The summed E-state index contributed by atoms with van der Waals surface area (Å²) >= 11 is 0. The van der Waals surface area contributed by atoms with Gasteiger partial charge in [0.1, 0.15) is 5.82 Å². The summed E-state index contributed by atoms with van der Waals surface area (Å²) in [4.78, 5) is 18.6. The Morgan fingerprint density at radius 2 is 2.13 bits per heavy atom. The minimum Gasteiger partial charge on any atom is -0.462 e. The highest BCUT2D eigenvalue weighted by molar-refractivity contribution is 5.88. The molecule has 3 heterocycles. The van der Waals surface area contributed by atoms with Crippen LogP contribution in [-0.2, 0) is 11.3 Å². The van der Waals surface area contributed by atoms with Crippen molar-refractivity contribution in [2.75, 3.05) is 24.6 Å². The lowest BCUT2D eigenvalue weighted by molar-refractivity contribution is 0.0526. The number of hydrogen-bond acceptors (Lipinski definition) is 5. The van der Waals surface area contributed by atoms with Crippen LogP contribution in [-0.4, -0.2) is 40.4 Å². The number of piperidine rings is 1. The van der Waals surface area contributed by atoms with Crippen molar-refractivity contribution in [1.29, 1.82) is 0 Å². The Labute approximate surface area is 135 Å². The molecule has 120 valence electrons. The van der Waals surface area contributed by atoms with E-state index in [0.717, 1.165) is 36.3 Å². The third-order valence-corrected chi connectivity index (χ3v) is 4.60. The van der Waals surface area contributed by atoms with E-state index in [-0.39, 0.29) is 5.97 Å². The Morgan fingerprint density at radius 1 is 1.30 bits per heavy atom. The van der Waals surface area contributed by atoms with Crippen LogP contribution in [0.25, 0.3) is 0 Å². The average Bonchev–Trinajstić information content (AvgIpc) is 2.98. The van der Waals surface area contributed by atoms with Crippen molar-refractivity contribution in [3.05, 3.63) is 41.9 Å². The van der Waals surface area contributed by atoms with Gasteiger partial charge < -0.3 is 9.64 Å². The molecule has 2 fully saturated rings. The van der Waals surface area contributed by atoms with E-state index in [1.165, 1.54) is 12.6 Å². The zero-order valence-electron chi connectivity index (χ0n) is 13.2. The molecule has 2 atom stereocenters. The SMILES string of the molecule is CCOC(=O)c1cnn(Cc2ccc(N3CC4CC4C3)nc2)c1. The van der Waals surface area contributed by atoms with E-state index in [1.54, 1.807) is 17.8 Å². The van der Waals surface area contributed by atoms with Gasteiger partial charge in [-0.3, -0.25) is 4.68 Å². The van der Waals surface area contributed by atoms with Gasteiger partial charge in [-0.05, 0) is 36.8 Å². The molecule has 4 rings (SSSR count). The Kier molecular flexibility index (Phi) is 3.52. The molecule has 23 heavy (non-hydrogen) atoms. The third-order valence-electron chi connectivity index (χ3n) is 4.60. The van der Waals surface area contributed by atoms with Crippen LogP contribution in [0.5, 0.6) is 0 Å². The van der Waals surface area contributed by atoms with Crippen LogP contribution in [0.1, 0.15) is 29.3 Å². The first-order valence-corrected chi connectivity index (χ1v) is 8.12. The molecule has 2 aliphatic rings. The Balaban J connectivity index is 1.40. The normalized spacial score (nSPS) is 22.0. The summed E-state index contributed by atoms with van der Waals surface area (Å²) in [7, 11) is 0. The molecule has 1 saturated carbocycles. The Hall–Kier alpha value is -2.37. The molecule has 1 saturated heterocycles. The minimum atomic E-state index is -0.333. The highest BCUT2D eigenvalue weighted by Gasteiger charge is 2.45. The van der Waals surface area contributed by atoms with E-state index in [9.17, 15) is 4.79 Å². The first-order chi connectivity index (χ1) is 11.2. The first-order valence-electron chi connectivity index (χ1n) is 8.12. The second-order valence-corrected chi connectivity index (χ2v) is 6.33. The van der Waals surface area contributed by atoms with Crippen molar-refractivity contribution in [3.8, 4) is 0 Å². The average molecular weight is 312 g/mol. The predicted octanol–water partition coefficient (Wildman–Crippen LogP) is 1.96. The van der Waals surface area contributed by atoms with Crippen LogP contribution in [0.15, 0.2) is 30.7 Å². The standard InChI is InChI=1S/C17H20N4O2/c1-2-23-17(22)15-7-19-21(11-15)8-12-3-4-16(18-6-12)20-9-13-5-14(13)10-20/h3-4,6-7,11,13-14H,2,5,8-10H2,1H3. The summed E-state index contributed by atoms with van der Waals surface area (Å²) in [5.74, 6) is 2.54. The van der Waals surface area contributed by atoms with Gasteiger partial charge in [0.15, 0.2) is 0 Å². The molecule has 6 heteroatoms. The highest BCUT2D eigenvalue weighted by atomic mass is 16.5. The van der Waals surface area contributed by atoms with Crippen LogP contribution < -0.4 is 4.90 Å². The number of rotatable bonds is 5. The maximum atomic E-state index is 11.6. The zero-order chi connectivity index (χ0) is 15.8. The van der Waals surface area contributed by atoms with Gasteiger partial charge in [-0.15, -0.1) is 0 Å². The molecule has 0 spiro atoms. The molecule has 2 unspecified atom stereocenters. The van der Waals surface area contributed by atoms with E-state index in [1.807, 2.05) is 6.20 Å². The quantitative estimate of drug-likeness (QED) is 0.790. The maximum Gasteiger partial charge on any atom is 0.341 e. The van der Waals surface area contributed by atoms with Crippen LogP contribution in [0.2, 0.25) is 0 Å². The van der Waals surface area contributed by atoms with Gasteiger partial charge in [0.2, 0.25) is 0 Å². The van der Waals surface area contributed by atoms with E-state index in [0.29, 0.717) is 18.7 Å². The summed E-state index contributed by atoms with van der Waals surface area (Å²) in [6.07, 6.45) is 6.54. The first kappa shape index (κ1) is 14.2. The van der Waals surface area contributed by atoms with E-state index < -0.39 is 0 Å². The van der Waals surface area contributed by atoms with Gasteiger partial charge in [0, 0.05) is 25.5 Å². The number of anilines is 1. The lowest BCUT2D eigenvalue weighted by atomic mass is 10.2. The number of esters is 1. The summed E-state index contributed by atoms with van der Waals surface area (Å²) in [5, 5.41) is 4.21. The van der Waals surface area contributed by atoms with E-state index in [2.05, 4.69) is 27.1 Å². The van der Waals surface area contributed by atoms with Gasteiger partial charge in [-0.25, -0.2) is 9.78 Å². The molecule has 0 N–H and O–H groups in total. The number of nitrogens with zero attached hydrogens (tertiary/aromatic N) is 4. The molecule has 1 aliphatic carbocycles. The number of fused-ring (bicyclic) bond motifs is 1. The van der Waals surface area contributed by atoms with Crippen LogP contribution in [0, 0.1) is 11.8 Å². The molecule has 0 aromatic carbocycles. The summed E-state index contributed by atoms with van der Waals surface area (Å²) in [6, 6.07) is 4.16. The molecule has 0 radical (unpaired) electrons. The second kappa shape index (κ2) is 5.68. The maximum absolute atomic E-state index is 11.6. The fraction of sp³-hybridized carbons (Fsp3) is 0.471. The topological polar surface area (TPSA) is 60.2 Å². The number of ether oxygens (including phenoxy) is 1. The highest BCUT2D eigenvalue weighted by Crippen LogP contribution is 2.45. The lowest BCUT2D eigenvalue weighted by Crippen LogP contribution is -2.22. The lowest BCUT2D eigenvalue weighted by Gasteiger charge is -2.18. The largest absolute Gasteiger partial charge is 0.462 e. The van der Waals surface area contributed by atoms with Crippen molar-refractivity contribution >= 4 is 11.8 Å². The van der Waals surface area contributed by atoms with Crippen LogP contribution in [0.3, 0.4) is 0 Å². The van der Waals surface area contributed by atoms with Gasteiger partial charge in [-0.1, -0.05) is 6.07 Å². The van der Waals surface area contributed by atoms with Crippen molar-refractivity contribution in [1.82, 2.24) is 14.8 Å². The second-order valence-electron chi connectivity index (χ2n) is 6.33. The van der Waals surface area contributed by atoms with Crippen molar-refractivity contribution < 1.29 is 9.53 Å². The Morgan fingerprint density at radius 3 is 2.83 bits per heavy atom. The monoisotopic (exact) mass is 312 g/mol. The molecule has 2 aromatic heterocycles. The smallest absolute Gasteiger partial charge is 0.341 e. The molecule has 0 bridgehead atoms. The van der Waals surface area contributed by atoms with E-state index in [4.69, 9.17) is 4.74 Å². The molecule has 6 nitrogen and oxygen atoms in total. The molecule has 2 aromatic rings. The van der Waals surface area contributed by atoms with Crippen molar-refractivity contribution in [2.24, 2.45) is 11.8 Å². The number of carbonyl (C=O) groups is 1. The predicted molar refractivity (Wildman–Crippen MR) is 85.3 cm³/mol. The molecular formula is C17H20N4O2. The zero-order valence-corrected chi connectivity index (χ0v) is 13.2. The van der Waals surface area contributed by atoms with Gasteiger partial charge >= 0.3 is 5.97 Å². The number of carbonyl (C=O) groups excluding carboxylic acids is 1.